The molecule has 0 fully saturated rings. The highest BCUT2D eigenvalue weighted by atomic mass is 16.5. The summed E-state index contributed by atoms with van der Waals surface area (Å²) in [4.78, 5) is 22.8. The van der Waals surface area contributed by atoms with E-state index >= 15 is 0 Å². The Morgan fingerprint density at radius 2 is 1.91 bits per heavy atom. The van der Waals surface area contributed by atoms with E-state index in [-0.39, 0.29) is 28.3 Å². The van der Waals surface area contributed by atoms with E-state index in [1.807, 2.05) is 0 Å². The van der Waals surface area contributed by atoms with Crippen LogP contribution in [0.15, 0.2) is 18.2 Å². The first-order valence-electron chi connectivity index (χ1n) is 6.16. The molecule has 1 heterocycles. The number of methoxy groups -OCH3 is 2. The van der Waals surface area contributed by atoms with Gasteiger partial charge in [-0.3, -0.25) is 4.68 Å². The Morgan fingerprint density at radius 3 is 2.41 bits per heavy atom. The Hall–Kier alpha value is -3.03. The molecule has 2 aromatic rings. The fourth-order valence-electron chi connectivity index (χ4n) is 2.04. The molecule has 116 valence electrons. The van der Waals surface area contributed by atoms with E-state index in [0.717, 1.165) is 0 Å². The average molecular weight is 306 g/mol. The summed E-state index contributed by atoms with van der Waals surface area (Å²) in [6, 6.07) is 3.92. The number of carbonyl (C=O) groups is 2. The third-order valence-electron chi connectivity index (χ3n) is 3.10. The lowest BCUT2D eigenvalue weighted by atomic mass is 10.0. The standard InChI is InChI=1S/C14H14N2O6/c1-16-10(5-9(15-16)13(18)19)7-4-8(14(20)22-3)12(21-2)6-11(7)17/h4-6,17H,1-3H3,(H,18,19). The molecule has 0 saturated heterocycles. The third-order valence-corrected chi connectivity index (χ3v) is 3.10. The van der Waals surface area contributed by atoms with Gasteiger partial charge in [-0.1, -0.05) is 0 Å². The largest absolute Gasteiger partial charge is 0.507 e. The maximum atomic E-state index is 11.8. The van der Waals surface area contributed by atoms with Gasteiger partial charge in [-0.15, -0.1) is 0 Å². The molecular weight excluding hydrogens is 292 g/mol. The minimum Gasteiger partial charge on any atom is -0.507 e. The molecule has 0 atom stereocenters. The Balaban J connectivity index is 2.65. The average Bonchev–Trinajstić information content (AvgIpc) is 2.88. The molecule has 0 unspecified atom stereocenters. The highest BCUT2D eigenvalue weighted by molar-refractivity contribution is 5.95. The van der Waals surface area contributed by atoms with Gasteiger partial charge in [0.05, 0.1) is 19.9 Å². The third kappa shape index (κ3) is 2.58. The monoisotopic (exact) mass is 306 g/mol. The van der Waals surface area contributed by atoms with Crippen molar-refractivity contribution in [2.45, 2.75) is 0 Å². The number of ether oxygens (including phenoxy) is 2. The molecule has 0 radical (unpaired) electrons. The van der Waals surface area contributed by atoms with E-state index in [2.05, 4.69) is 9.84 Å². The first-order chi connectivity index (χ1) is 10.4. The number of carbonyl (C=O) groups excluding carboxylic acids is 1. The predicted octanol–water partition coefficient (Wildman–Crippen LogP) is 1.29. The second-order valence-corrected chi connectivity index (χ2v) is 4.40. The Bertz CT molecular complexity index is 750. The summed E-state index contributed by atoms with van der Waals surface area (Å²) >= 11 is 0. The number of carboxylic acids is 1. The van der Waals surface area contributed by atoms with Crippen molar-refractivity contribution < 1.29 is 29.3 Å². The summed E-state index contributed by atoms with van der Waals surface area (Å²) in [5.41, 5.74) is 0.509. The number of phenolic OH excluding ortho intramolecular Hbond substituents is 1. The molecule has 0 saturated carbocycles. The van der Waals surface area contributed by atoms with Crippen molar-refractivity contribution in [3.05, 3.63) is 29.5 Å². The zero-order chi connectivity index (χ0) is 16.4. The zero-order valence-corrected chi connectivity index (χ0v) is 12.2. The summed E-state index contributed by atoms with van der Waals surface area (Å²) in [6.07, 6.45) is 0. The first-order valence-corrected chi connectivity index (χ1v) is 6.16. The number of aromatic hydroxyl groups is 1. The SMILES string of the molecule is COC(=O)c1cc(-c2cc(C(=O)O)nn2C)c(O)cc1OC. The van der Waals surface area contributed by atoms with Crippen LogP contribution in [0.4, 0.5) is 0 Å². The van der Waals surface area contributed by atoms with Crippen LogP contribution in [0.5, 0.6) is 11.5 Å². The Labute approximate surface area is 125 Å². The number of hydrogen-bond donors (Lipinski definition) is 2. The van der Waals surface area contributed by atoms with Crippen molar-refractivity contribution in [1.82, 2.24) is 9.78 Å². The van der Waals surface area contributed by atoms with Gasteiger partial charge in [-0.2, -0.15) is 5.10 Å². The van der Waals surface area contributed by atoms with Gasteiger partial charge in [0.2, 0.25) is 0 Å². The molecule has 0 spiro atoms. The molecule has 0 bridgehead atoms. The van der Waals surface area contributed by atoms with Gasteiger partial charge in [0, 0.05) is 18.7 Å². The van der Waals surface area contributed by atoms with Crippen molar-refractivity contribution in [1.29, 1.82) is 0 Å². The molecule has 2 N–H and O–H groups in total. The summed E-state index contributed by atoms with van der Waals surface area (Å²) in [7, 11) is 4.11. The lowest BCUT2D eigenvalue weighted by molar-refractivity contribution is 0.0596. The molecule has 0 aliphatic carbocycles. The minimum absolute atomic E-state index is 0.107. The van der Waals surface area contributed by atoms with E-state index in [0.29, 0.717) is 5.69 Å². The number of aromatic carboxylic acids is 1. The molecule has 1 aromatic carbocycles. The van der Waals surface area contributed by atoms with Crippen LogP contribution in [0.1, 0.15) is 20.8 Å². The van der Waals surface area contributed by atoms with Gasteiger partial charge >= 0.3 is 11.9 Å². The van der Waals surface area contributed by atoms with Gasteiger partial charge in [0.15, 0.2) is 5.69 Å². The quantitative estimate of drug-likeness (QED) is 0.818. The number of nitrogens with zero attached hydrogens (tertiary/aromatic N) is 2. The van der Waals surface area contributed by atoms with Gasteiger partial charge in [0.25, 0.3) is 0 Å². The van der Waals surface area contributed by atoms with Crippen LogP contribution in [-0.2, 0) is 11.8 Å². The van der Waals surface area contributed by atoms with Crippen molar-refractivity contribution in [2.75, 3.05) is 14.2 Å². The number of esters is 1. The van der Waals surface area contributed by atoms with Crippen LogP contribution in [0.3, 0.4) is 0 Å². The second kappa shape index (κ2) is 5.76. The van der Waals surface area contributed by atoms with E-state index in [9.17, 15) is 14.7 Å². The highest BCUT2D eigenvalue weighted by Crippen LogP contribution is 2.35. The number of rotatable bonds is 4. The maximum absolute atomic E-state index is 11.8. The predicted molar refractivity (Wildman–Crippen MR) is 75.2 cm³/mol. The zero-order valence-electron chi connectivity index (χ0n) is 12.2. The van der Waals surface area contributed by atoms with Gasteiger partial charge < -0.3 is 19.7 Å². The van der Waals surface area contributed by atoms with E-state index in [1.54, 1.807) is 0 Å². The minimum atomic E-state index is -1.19. The Kier molecular flexibility index (Phi) is 4.02. The molecule has 22 heavy (non-hydrogen) atoms. The fraction of sp³-hybridized carbons (Fsp3) is 0.214. The Morgan fingerprint density at radius 1 is 1.23 bits per heavy atom. The summed E-state index contributed by atoms with van der Waals surface area (Å²) < 4.78 is 11.0. The van der Waals surface area contributed by atoms with Crippen molar-refractivity contribution in [2.24, 2.45) is 7.05 Å². The molecule has 8 nitrogen and oxygen atoms in total. The number of aromatic nitrogens is 2. The van der Waals surface area contributed by atoms with Crippen molar-refractivity contribution >= 4 is 11.9 Å². The number of benzene rings is 1. The summed E-state index contributed by atoms with van der Waals surface area (Å²) in [6.45, 7) is 0. The lowest BCUT2D eigenvalue weighted by Crippen LogP contribution is -2.05. The van der Waals surface area contributed by atoms with Crippen molar-refractivity contribution in [3.63, 3.8) is 0 Å². The van der Waals surface area contributed by atoms with Crippen LogP contribution in [-0.4, -0.2) is 46.2 Å². The molecule has 8 heteroatoms. The van der Waals surface area contributed by atoms with E-state index in [4.69, 9.17) is 9.84 Å². The van der Waals surface area contributed by atoms with Gasteiger partial charge in [0.1, 0.15) is 17.1 Å². The highest BCUT2D eigenvalue weighted by Gasteiger charge is 2.21. The van der Waals surface area contributed by atoms with Gasteiger partial charge in [-0.05, 0) is 12.1 Å². The first kappa shape index (κ1) is 15.4. The van der Waals surface area contributed by atoms with Crippen LogP contribution in [0.2, 0.25) is 0 Å². The van der Waals surface area contributed by atoms with Crippen LogP contribution in [0, 0.1) is 0 Å². The topological polar surface area (TPSA) is 111 Å². The van der Waals surface area contributed by atoms with E-state index < -0.39 is 11.9 Å². The smallest absolute Gasteiger partial charge is 0.356 e. The summed E-state index contributed by atoms with van der Waals surface area (Å²) in [5.74, 6) is -1.86. The molecule has 0 aliphatic rings. The lowest BCUT2D eigenvalue weighted by Gasteiger charge is -2.11. The molecule has 0 aliphatic heterocycles. The number of phenols is 1. The number of hydrogen-bond acceptors (Lipinski definition) is 6. The van der Waals surface area contributed by atoms with E-state index in [1.165, 1.54) is 44.1 Å². The maximum Gasteiger partial charge on any atom is 0.356 e. The van der Waals surface area contributed by atoms with Crippen LogP contribution >= 0.6 is 0 Å². The molecule has 1 aromatic heterocycles. The molecule has 0 amide bonds. The second-order valence-electron chi connectivity index (χ2n) is 4.40. The molecular formula is C14H14N2O6. The van der Waals surface area contributed by atoms with Gasteiger partial charge in [-0.25, -0.2) is 9.59 Å². The molecule has 2 rings (SSSR count). The number of aryl methyl sites for hydroxylation is 1. The fourth-order valence-corrected chi connectivity index (χ4v) is 2.04. The normalized spacial score (nSPS) is 10.3. The number of carboxylic acid groups (broad SMARTS) is 1. The van der Waals surface area contributed by atoms with Crippen LogP contribution in [0.25, 0.3) is 11.3 Å². The van der Waals surface area contributed by atoms with Crippen molar-refractivity contribution in [3.8, 4) is 22.8 Å². The summed E-state index contributed by atoms with van der Waals surface area (Å²) in [5, 5.41) is 22.9. The van der Waals surface area contributed by atoms with Crippen LogP contribution < -0.4 is 4.74 Å².